The minimum atomic E-state index is -1.02. The Hall–Kier alpha value is -1.40. The maximum absolute atomic E-state index is 13.8. The second kappa shape index (κ2) is 8.33. The summed E-state index contributed by atoms with van der Waals surface area (Å²) in [5, 5.41) is 11.4. The summed E-state index contributed by atoms with van der Waals surface area (Å²) < 4.78 is 17.9. The second-order valence-electron chi connectivity index (χ2n) is 15.5. The lowest BCUT2D eigenvalue weighted by molar-refractivity contribution is -0.395. The van der Waals surface area contributed by atoms with Crippen molar-refractivity contribution in [1.82, 2.24) is 0 Å². The first kappa shape index (κ1) is 27.8. The number of allylic oxidation sites excluding steroid dienone is 2. The zero-order valence-corrected chi connectivity index (χ0v) is 25.4. The van der Waals surface area contributed by atoms with E-state index < -0.39 is 17.3 Å². The van der Waals surface area contributed by atoms with Gasteiger partial charge in [0.05, 0.1) is 13.7 Å². The zero-order chi connectivity index (χ0) is 28.4. The predicted octanol–water partition coefficient (Wildman–Crippen LogP) is 6.06. The number of hydrogen-bond acceptors (Lipinski definition) is 6. The first-order valence-electron chi connectivity index (χ1n) is 15.5. The number of carbonyl (C=O) groups excluding carboxylic acids is 2. The van der Waals surface area contributed by atoms with Gasteiger partial charge < -0.3 is 19.3 Å². The molecular weight excluding hydrogens is 492 g/mol. The molecule has 7 rings (SSSR count). The molecule has 11 atom stereocenters. The first-order valence-corrected chi connectivity index (χ1v) is 15.5. The van der Waals surface area contributed by atoms with Crippen molar-refractivity contribution in [1.29, 1.82) is 0 Å². The minimum Gasteiger partial charge on any atom is -0.468 e. The number of fused-ring (bicyclic) bond motifs is 7. The fraction of sp³-hybridized carbons (Fsp3) is 0.879. The van der Waals surface area contributed by atoms with Gasteiger partial charge in [-0.1, -0.05) is 53.2 Å². The van der Waals surface area contributed by atoms with Gasteiger partial charge in [-0.05, 0) is 79.4 Å². The van der Waals surface area contributed by atoms with Gasteiger partial charge in [-0.25, -0.2) is 0 Å². The van der Waals surface area contributed by atoms with Gasteiger partial charge in [0, 0.05) is 30.1 Å². The van der Waals surface area contributed by atoms with Crippen molar-refractivity contribution in [2.75, 3.05) is 13.7 Å². The molecule has 6 nitrogen and oxygen atoms in total. The lowest BCUT2D eigenvalue weighted by Crippen LogP contribution is -2.73. The maximum atomic E-state index is 13.8. The highest BCUT2D eigenvalue weighted by molar-refractivity contribution is 5.80. The van der Waals surface area contributed by atoms with Crippen molar-refractivity contribution in [3.05, 3.63) is 11.6 Å². The van der Waals surface area contributed by atoms with Gasteiger partial charge in [-0.15, -0.1) is 0 Å². The summed E-state index contributed by atoms with van der Waals surface area (Å²) in [5.74, 6) is -0.0684. The van der Waals surface area contributed by atoms with Crippen LogP contribution in [0.2, 0.25) is 0 Å². The molecule has 2 saturated heterocycles. The highest BCUT2D eigenvalue weighted by atomic mass is 16.6. The molecule has 39 heavy (non-hydrogen) atoms. The van der Waals surface area contributed by atoms with Gasteiger partial charge in [0.1, 0.15) is 11.5 Å². The molecule has 6 fully saturated rings. The van der Waals surface area contributed by atoms with Crippen LogP contribution in [0.1, 0.15) is 99.8 Å². The third-order valence-corrected chi connectivity index (χ3v) is 14.4. The summed E-state index contributed by atoms with van der Waals surface area (Å²) in [7, 11) is 1.48. The highest BCUT2D eigenvalue weighted by Gasteiger charge is 2.75. The largest absolute Gasteiger partial charge is 0.468 e. The van der Waals surface area contributed by atoms with Crippen LogP contribution in [0.25, 0.3) is 0 Å². The van der Waals surface area contributed by atoms with E-state index in [0.717, 1.165) is 32.1 Å². The van der Waals surface area contributed by atoms with Crippen molar-refractivity contribution in [3.8, 4) is 0 Å². The third-order valence-electron chi connectivity index (χ3n) is 14.4. The molecule has 0 aromatic rings. The van der Waals surface area contributed by atoms with Crippen LogP contribution in [0.4, 0.5) is 0 Å². The van der Waals surface area contributed by atoms with E-state index in [1.54, 1.807) is 0 Å². The average Bonchev–Trinajstić information content (AvgIpc) is 2.87. The molecule has 1 N–H and O–H groups in total. The normalized spacial score (nSPS) is 53.3. The van der Waals surface area contributed by atoms with Crippen LogP contribution in [0.5, 0.6) is 0 Å². The van der Waals surface area contributed by atoms with Crippen molar-refractivity contribution in [3.63, 3.8) is 0 Å². The van der Waals surface area contributed by atoms with Gasteiger partial charge in [-0.2, -0.15) is 0 Å². The zero-order valence-electron chi connectivity index (χ0n) is 25.4. The molecule has 1 spiro atoms. The molecule has 218 valence electrons. The standard InChI is InChI=1S/C33H50O6/c1-19-17-25(39-21(3)34)32(27(35)37-8)15-13-29(6)22(26(32)20(19)2)9-10-24-30(29,7)12-11-23-28(4,5)33(36)16-14-31(23,24)18-38-33/h9,19-20,23-26,36H,10-18H2,1-8H3/t19-,20+,23+,24+,25-,26+,29-,30-,31-,32-,33+/m1/s1. The van der Waals surface area contributed by atoms with Crippen LogP contribution < -0.4 is 0 Å². The Morgan fingerprint density at radius 3 is 2.36 bits per heavy atom. The quantitative estimate of drug-likeness (QED) is 0.338. The Bertz CT molecular complexity index is 1100. The molecule has 6 heteroatoms. The van der Waals surface area contributed by atoms with Gasteiger partial charge in [0.25, 0.3) is 0 Å². The number of esters is 2. The fourth-order valence-electron chi connectivity index (χ4n) is 11.8. The maximum Gasteiger partial charge on any atom is 0.316 e. The Morgan fingerprint density at radius 2 is 1.74 bits per heavy atom. The highest BCUT2D eigenvalue weighted by Crippen LogP contribution is 2.78. The molecular formula is C33H50O6. The van der Waals surface area contributed by atoms with Crippen LogP contribution >= 0.6 is 0 Å². The predicted molar refractivity (Wildman–Crippen MR) is 147 cm³/mol. The Labute approximate surface area is 234 Å². The molecule has 2 bridgehead atoms. The number of rotatable bonds is 2. The molecule has 5 aliphatic carbocycles. The molecule has 0 unspecified atom stereocenters. The first-order chi connectivity index (χ1) is 18.1. The topological polar surface area (TPSA) is 82.1 Å². The van der Waals surface area contributed by atoms with E-state index in [0.29, 0.717) is 43.6 Å². The molecule has 2 heterocycles. The summed E-state index contributed by atoms with van der Waals surface area (Å²) >= 11 is 0. The van der Waals surface area contributed by atoms with Crippen LogP contribution in [0.15, 0.2) is 11.6 Å². The number of ether oxygens (including phenoxy) is 3. The van der Waals surface area contributed by atoms with Crippen molar-refractivity contribution < 1.29 is 28.9 Å². The SMILES string of the molecule is COC(=O)[C@@]12CC[C@]3(C)C(=CC[C@@H]4[C@]56CC[C@](O)(OC5)C(C)(C)[C@@H]6CC[C@]43C)[C@@H]1[C@@H](C)[C@H](C)C[C@H]2OC(C)=O. The Kier molecular flexibility index (Phi) is 5.93. The monoisotopic (exact) mass is 542 g/mol. The molecule has 0 radical (unpaired) electrons. The molecule has 4 saturated carbocycles. The summed E-state index contributed by atoms with van der Waals surface area (Å²) in [5.41, 5.74) is 0.348. The summed E-state index contributed by atoms with van der Waals surface area (Å²) in [6.45, 7) is 16.1. The van der Waals surface area contributed by atoms with E-state index in [-0.39, 0.29) is 45.4 Å². The van der Waals surface area contributed by atoms with E-state index in [1.165, 1.54) is 19.6 Å². The fourth-order valence-corrected chi connectivity index (χ4v) is 11.8. The van der Waals surface area contributed by atoms with Gasteiger partial charge in [0.15, 0.2) is 5.79 Å². The summed E-state index contributed by atoms with van der Waals surface area (Å²) in [6.07, 6.45) is 9.21. The number of hydrogen-bond donors (Lipinski definition) is 1. The van der Waals surface area contributed by atoms with Crippen LogP contribution in [-0.4, -0.2) is 42.7 Å². The van der Waals surface area contributed by atoms with Gasteiger partial charge in [0.2, 0.25) is 0 Å². The number of methoxy groups -OCH3 is 1. The van der Waals surface area contributed by atoms with Gasteiger partial charge >= 0.3 is 11.9 Å². The van der Waals surface area contributed by atoms with E-state index in [1.807, 2.05) is 0 Å². The van der Waals surface area contributed by atoms with E-state index >= 15 is 0 Å². The Balaban J connectivity index is 1.48. The summed E-state index contributed by atoms with van der Waals surface area (Å²) in [6, 6.07) is 0. The van der Waals surface area contributed by atoms with Gasteiger partial charge in [-0.3, -0.25) is 9.59 Å². The smallest absolute Gasteiger partial charge is 0.316 e. The number of carbonyl (C=O) groups is 2. The van der Waals surface area contributed by atoms with E-state index in [2.05, 4.69) is 47.6 Å². The van der Waals surface area contributed by atoms with Crippen LogP contribution in [-0.2, 0) is 23.8 Å². The van der Waals surface area contributed by atoms with E-state index in [9.17, 15) is 14.7 Å². The molecule has 7 aliphatic rings. The lowest BCUT2D eigenvalue weighted by atomic mass is 9.32. The van der Waals surface area contributed by atoms with Crippen molar-refractivity contribution >= 4 is 11.9 Å². The average molecular weight is 543 g/mol. The Morgan fingerprint density at radius 1 is 1.03 bits per heavy atom. The lowest BCUT2D eigenvalue weighted by Gasteiger charge is -2.75. The van der Waals surface area contributed by atoms with E-state index in [4.69, 9.17) is 14.2 Å². The molecule has 0 amide bonds. The molecule has 0 aromatic heterocycles. The molecule has 0 aromatic carbocycles. The van der Waals surface area contributed by atoms with Crippen molar-refractivity contribution in [2.24, 2.45) is 56.7 Å². The summed E-state index contributed by atoms with van der Waals surface area (Å²) in [4.78, 5) is 26.1. The third kappa shape index (κ3) is 3.12. The second-order valence-corrected chi connectivity index (χ2v) is 15.5. The van der Waals surface area contributed by atoms with Crippen molar-refractivity contribution in [2.45, 2.75) is 112 Å². The molecule has 2 aliphatic heterocycles. The number of aliphatic hydroxyl groups is 1. The minimum absolute atomic E-state index is 0.0136. The van der Waals surface area contributed by atoms with Crippen LogP contribution in [0.3, 0.4) is 0 Å². The van der Waals surface area contributed by atoms with Crippen LogP contribution in [0, 0.1) is 56.7 Å².